The smallest absolute Gasteiger partial charge is 0.339 e. The summed E-state index contributed by atoms with van der Waals surface area (Å²) in [6.45, 7) is 1.29. The fraction of sp³-hybridized carbons (Fsp3) is 0.613. The number of benzene rings is 1. The molecule has 0 aromatic heterocycles. The molecule has 2 fully saturated rings. The average Bonchev–Trinajstić information content (AvgIpc) is 3.33. The highest BCUT2D eigenvalue weighted by molar-refractivity contribution is 5.77. The van der Waals surface area contributed by atoms with Crippen molar-refractivity contribution in [1.29, 1.82) is 0 Å². The van der Waals surface area contributed by atoms with Gasteiger partial charge in [0.05, 0.1) is 14.2 Å². The predicted octanol–water partition coefficient (Wildman–Crippen LogP) is 1.22. The first kappa shape index (κ1) is 26.7. The van der Waals surface area contributed by atoms with Crippen molar-refractivity contribution in [3.8, 4) is 11.5 Å². The van der Waals surface area contributed by atoms with Gasteiger partial charge >= 0.3 is 23.9 Å². The van der Waals surface area contributed by atoms with E-state index in [2.05, 4.69) is 0 Å². The van der Waals surface area contributed by atoms with E-state index < -0.39 is 79.2 Å². The summed E-state index contributed by atoms with van der Waals surface area (Å²) in [5.41, 5.74) is 1.17. The first-order chi connectivity index (χ1) is 22.2. The first-order valence-electron chi connectivity index (χ1n) is 15.9. The van der Waals surface area contributed by atoms with Gasteiger partial charge in [-0.1, -0.05) is 18.2 Å². The Morgan fingerprint density at radius 3 is 2.34 bits per heavy atom. The second-order valence-electron chi connectivity index (χ2n) is 11.6. The standard InChI is InChI=1S/C31H37NO12/c1-14(33)39-24-25(40-15(2)34)27(41-16(3)35)30(44-26(24)29(36)38-6)42-21-10-8-18-19-13-17-7-9-20(37-5)23-22(17)31(18,28(21)43-23)11-12-32(19)4/h7-10,18-19,21,24-28,30H,11-13H2,1-6H3/t18-,19+,21-,24-,25-,26-,27+,28-,30+,31-/m0/s1/i4D3. The molecule has 13 nitrogen and oxygen atoms in total. The third-order valence-electron chi connectivity index (χ3n) is 9.18. The van der Waals surface area contributed by atoms with E-state index in [4.69, 9.17) is 42.0 Å². The minimum Gasteiger partial charge on any atom is -0.493 e. The van der Waals surface area contributed by atoms with Crippen LogP contribution in [0.3, 0.4) is 0 Å². The Kier molecular flexibility index (Phi) is 6.89. The van der Waals surface area contributed by atoms with Crippen molar-refractivity contribution >= 4 is 23.9 Å². The number of esters is 4. The summed E-state index contributed by atoms with van der Waals surface area (Å²) in [5.74, 6) is -2.57. The molecule has 0 N–H and O–H groups in total. The van der Waals surface area contributed by atoms with E-state index in [0.29, 0.717) is 24.3 Å². The van der Waals surface area contributed by atoms with Crippen LogP contribution in [0.25, 0.3) is 0 Å². The molecule has 0 saturated carbocycles. The van der Waals surface area contributed by atoms with Crippen molar-refractivity contribution in [2.75, 3.05) is 27.7 Å². The molecule has 10 atom stereocenters. The lowest BCUT2D eigenvalue weighted by Crippen LogP contribution is -2.67. The number of hydrogen-bond acceptors (Lipinski definition) is 13. The lowest BCUT2D eigenvalue weighted by atomic mass is 9.53. The molecule has 1 aromatic carbocycles. The Morgan fingerprint density at radius 1 is 0.977 bits per heavy atom. The Morgan fingerprint density at radius 2 is 1.68 bits per heavy atom. The number of likely N-dealkylation sites (N-methyl/N-ethyl adjacent to an activating group) is 1. The zero-order valence-corrected chi connectivity index (χ0v) is 25.0. The molecule has 0 amide bonds. The summed E-state index contributed by atoms with van der Waals surface area (Å²) in [7, 11) is 2.64. The summed E-state index contributed by atoms with van der Waals surface area (Å²) in [6, 6.07) is 3.38. The lowest BCUT2D eigenvalue weighted by molar-refractivity contribution is -0.313. The van der Waals surface area contributed by atoms with E-state index in [1.54, 1.807) is 17.0 Å². The maximum Gasteiger partial charge on any atom is 0.339 e. The molecule has 238 valence electrons. The van der Waals surface area contributed by atoms with Gasteiger partial charge in [-0.3, -0.25) is 14.4 Å². The van der Waals surface area contributed by atoms with Crippen LogP contribution >= 0.6 is 0 Å². The van der Waals surface area contributed by atoms with Crippen molar-refractivity contribution in [3.63, 3.8) is 0 Å². The minimum atomic E-state index is -2.31. The van der Waals surface area contributed by atoms with Gasteiger partial charge in [-0.05, 0) is 38.0 Å². The van der Waals surface area contributed by atoms with Gasteiger partial charge in [-0.2, -0.15) is 0 Å². The highest BCUT2D eigenvalue weighted by Gasteiger charge is 2.65. The number of nitrogens with zero attached hydrogens (tertiary/aromatic N) is 1. The normalized spacial score (nSPS) is 37.7. The molecule has 5 aliphatic rings. The number of rotatable bonds is 7. The monoisotopic (exact) mass is 618 g/mol. The molecular formula is C31H37NO12. The van der Waals surface area contributed by atoms with E-state index >= 15 is 0 Å². The van der Waals surface area contributed by atoms with Gasteiger partial charge in [0.1, 0.15) is 12.2 Å². The van der Waals surface area contributed by atoms with Gasteiger partial charge in [-0.25, -0.2) is 4.79 Å². The number of methoxy groups -OCH3 is 2. The van der Waals surface area contributed by atoms with Crippen LogP contribution in [0.5, 0.6) is 11.5 Å². The lowest BCUT2D eigenvalue weighted by Gasteiger charge is -2.57. The molecule has 6 rings (SSSR count). The minimum absolute atomic E-state index is 0.260. The third kappa shape index (κ3) is 4.72. The van der Waals surface area contributed by atoms with Crippen LogP contribution in [-0.2, 0) is 59.4 Å². The molecule has 0 unspecified atom stereocenters. The molecule has 13 heteroatoms. The Bertz CT molecular complexity index is 1500. The van der Waals surface area contributed by atoms with Gasteiger partial charge in [0.2, 0.25) is 6.29 Å². The number of likely N-dealkylation sites (tertiary alicyclic amines) is 1. The Hall–Kier alpha value is -3.68. The molecule has 1 aromatic rings. The molecule has 3 heterocycles. The second-order valence-corrected chi connectivity index (χ2v) is 11.6. The van der Waals surface area contributed by atoms with Crippen LogP contribution in [0.2, 0.25) is 0 Å². The molecule has 2 aliphatic carbocycles. The average molecular weight is 619 g/mol. The SMILES string of the molecule is [2H]C([2H])([2H])N1CC[C@]23c4c5ccc(OC)c4O[C@H]2[C@@H](O[C@@H]2O[C@H](C(=O)OC)[C@@H](OC(C)=O)[C@H](OC(C)=O)[C@H]2OC(C)=O)C=C[C@H]3[C@H]1C5. The summed E-state index contributed by atoms with van der Waals surface area (Å²) >= 11 is 0. The molecule has 2 saturated heterocycles. The summed E-state index contributed by atoms with van der Waals surface area (Å²) in [4.78, 5) is 51.2. The largest absolute Gasteiger partial charge is 0.493 e. The summed E-state index contributed by atoms with van der Waals surface area (Å²) < 4.78 is 71.0. The van der Waals surface area contributed by atoms with Crippen LogP contribution in [0.4, 0.5) is 0 Å². The van der Waals surface area contributed by atoms with Gasteiger partial charge < -0.3 is 42.8 Å². The van der Waals surface area contributed by atoms with Gasteiger partial charge in [-0.15, -0.1) is 0 Å². The molecule has 3 aliphatic heterocycles. The topological polar surface area (TPSA) is 145 Å². The molecular weight excluding hydrogens is 578 g/mol. The van der Waals surface area contributed by atoms with Crippen molar-refractivity contribution in [2.24, 2.45) is 5.92 Å². The van der Waals surface area contributed by atoms with Crippen LogP contribution < -0.4 is 9.47 Å². The summed E-state index contributed by atoms with van der Waals surface area (Å²) in [6.07, 6.45) is -4.76. The van der Waals surface area contributed by atoms with E-state index in [9.17, 15) is 19.2 Å². The zero-order valence-electron chi connectivity index (χ0n) is 28.0. The van der Waals surface area contributed by atoms with Crippen molar-refractivity contribution in [3.05, 3.63) is 35.4 Å². The van der Waals surface area contributed by atoms with Gasteiger partial charge in [0.15, 0.2) is 35.9 Å². The maximum atomic E-state index is 13.0. The van der Waals surface area contributed by atoms with Crippen LogP contribution in [0.15, 0.2) is 24.3 Å². The first-order valence-corrected chi connectivity index (χ1v) is 14.4. The number of carbonyl (C=O) groups is 4. The fourth-order valence-electron chi connectivity index (χ4n) is 7.65. The maximum absolute atomic E-state index is 13.0. The number of ether oxygens (including phenoxy) is 8. The van der Waals surface area contributed by atoms with E-state index in [1.165, 1.54) is 7.11 Å². The zero-order chi connectivity index (χ0) is 34.0. The summed E-state index contributed by atoms with van der Waals surface area (Å²) in [5, 5.41) is 0. The Balaban J connectivity index is 1.42. The predicted molar refractivity (Wildman–Crippen MR) is 149 cm³/mol. The number of piperidine rings is 1. The quantitative estimate of drug-likeness (QED) is 0.245. The molecule has 44 heavy (non-hydrogen) atoms. The van der Waals surface area contributed by atoms with Gasteiger partial charge in [0.25, 0.3) is 0 Å². The van der Waals surface area contributed by atoms with Crippen molar-refractivity contribution in [2.45, 2.75) is 88.0 Å². The Labute approximate surface area is 258 Å². The highest BCUT2D eigenvalue weighted by atomic mass is 16.7. The van der Waals surface area contributed by atoms with Crippen LogP contribution in [-0.4, -0.2) is 105 Å². The van der Waals surface area contributed by atoms with E-state index in [1.807, 2.05) is 12.1 Å². The molecule has 0 radical (unpaired) electrons. The van der Waals surface area contributed by atoms with Crippen LogP contribution in [0.1, 0.15) is 42.4 Å². The van der Waals surface area contributed by atoms with Gasteiger partial charge in [0, 0.05) is 47.8 Å². The van der Waals surface area contributed by atoms with Crippen molar-refractivity contribution < 1.29 is 61.2 Å². The third-order valence-corrected chi connectivity index (χ3v) is 9.18. The highest BCUT2D eigenvalue weighted by Crippen LogP contribution is 2.62. The number of carbonyl (C=O) groups excluding carboxylic acids is 4. The molecule has 1 spiro atoms. The van der Waals surface area contributed by atoms with E-state index in [-0.39, 0.29) is 18.5 Å². The van der Waals surface area contributed by atoms with Crippen molar-refractivity contribution in [1.82, 2.24) is 4.90 Å². The number of hydrogen-bond donors (Lipinski definition) is 0. The van der Waals surface area contributed by atoms with E-state index in [0.717, 1.165) is 39.0 Å². The second kappa shape index (κ2) is 11.4. The van der Waals surface area contributed by atoms with Crippen LogP contribution in [0, 0.1) is 5.92 Å². The fourth-order valence-corrected chi connectivity index (χ4v) is 7.65. The molecule has 2 bridgehead atoms.